The molecule has 4 nitrogen and oxygen atoms in total. The third kappa shape index (κ3) is 4.53. The zero-order valence-electron chi connectivity index (χ0n) is 17.7. The minimum atomic E-state index is -0.331. The topological polar surface area (TPSA) is 45.9 Å². The van der Waals surface area contributed by atoms with Crippen molar-refractivity contribution in [3.63, 3.8) is 0 Å². The van der Waals surface area contributed by atoms with E-state index in [1.807, 2.05) is 79.9 Å². The predicted molar refractivity (Wildman–Crippen MR) is 125 cm³/mol. The highest BCUT2D eigenvalue weighted by Gasteiger charge is 2.41. The summed E-state index contributed by atoms with van der Waals surface area (Å²) in [5, 5.41) is 3.44. The summed E-state index contributed by atoms with van der Waals surface area (Å²) < 4.78 is 1.74. The molecule has 154 valence electrons. The van der Waals surface area contributed by atoms with Crippen LogP contribution in [0.4, 0.5) is 5.82 Å². The Labute approximate surface area is 183 Å². The summed E-state index contributed by atoms with van der Waals surface area (Å²) in [6.45, 7) is 5.71. The molecule has 4 heteroatoms. The molecular formula is C27H26N3O+. The van der Waals surface area contributed by atoms with E-state index in [4.69, 9.17) is 4.98 Å². The van der Waals surface area contributed by atoms with Crippen molar-refractivity contribution >= 4 is 11.7 Å². The van der Waals surface area contributed by atoms with Crippen LogP contribution in [0.2, 0.25) is 0 Å². The van der Waals surface area contributed by atoms with Gasteiger partial charge < -0.3 is 0 Å². The maximum Gasteiger partial charge on any atom is 0.359 e. The quantitative estimate of drug-likeness (QED) is 0.435. The van der Waals surface area contributed by atoms with Crippen LogP contribution < -0.4 is 9.88 Å². The molecule has 1 aromatic heterocycles. The van der Waals surface area contributed by atoms with E-state index in [9.17, 15) is 4.79 Å². The summed E-state index contributed by atoms with van der Waals surface area (Å²) in [6.07, 6.45) is 10.8. The van der Waals surface area contributed by atoms with Gasteiger partial charge in [-0.25, -0.2) is 9.78 Å². The normalized spacial score (nSPS) is 15.7. The average Bonchev–Trinajstić information content (AvgIpc) is 3.13. The zero-order valence-corrected chi connectivity index (χ0v) is 17.7. The molecule has 31 heavy (non-hydrogen) atoms. The van der Waals surface area contributed by atoms with E-state index in [0.29, 0.717) is 12.8 Å². The second kappa shape index (κ2) is 9.35. The van der Waals surface area contributed by atoms with E-state index in [1.54, 1.807) is 10.6 Å². The lowest BCUT2D eigenvalue weighted by molar-refractivity contribution is -0.552. The van der Waals surface area contributed by atoms with Gasteiger partial charge in [-0.2, -0.15) is 4.57 Å². The van der Waals surface area contributed by atoms with Crippen molar-refractivity contribution in [3.05, 3.63) is 115 Å². The van der Waals surface area contributed by atoms with Crippen molar-refractivity contribution in [1.29, 1.82) is 0 Å². The number of carbonyl (C=O) groups excluding carboxylic acids is 1. The smallest absolute Gasteiger partial charge is 0.258 e. The van der Waals surface area contributed by atoms with E-state index in [2.05, 4.69) is 24.0 Å². The summed E-state index contributed by atoms with van der Waals surface area (Å²) in [5.74, 6) is 0.817. The summed E-state index contributed by atoms with van der Waals surface area (Å²) in [7, 11) is 0. The van der Waals surface area contributed by atoms with Crippen molar-refractivity contribution < 1.29 is 9.36 Å². The minimum absolute atomic E-state index is 0.0373. The maximum atomic E-state index is 13.3. The number of benzene rings is 2. The summed E-state index contributed by atoms with van der Waals surface area (Å²) in [4.78, 5) is 18.3. The number of fused-ring (bicyclic) bond motifs is 1. The van der Waals surface area contributed by atoms with Crippen LogP contribution in [0.25, 0.3) is 11.3 Å². The number of aromatic nitrogens is 2. The maximum absolute atomic E-state index is 13.3. The van der Waals surface area contributed by atoms with Gasteiger partial charge in [0.1, 0.15) is 17.6 Å². The Morgan fingerprint density at radius 1 is 1.13 bits per heavy atom. The first kappa shape index (κ1) is 20.5. The summed E-state index contributed by atoms with van der Waals surface area (Å²) >= 11 is 0. The number of rotatable bonds is 7. The third-order valence-electron chi connectivity index (χ3n) is 5.41. The second-order valence-corrected chi connectivity index (χ2v) is 7.52. The molecule has 4 rings (SSSR count). The summed E-state index contributed by atoms with van der Waals surface area (Å²) in [5.41, 5.74) is 4.89. The van der Waals surface area contributed by atoms with Crippen LogP contribution in [0, 0.1) is 0 Å². The molecule has 2 aromatic carbocycles. The first-order valence-corrected chi connectivity index (χ1v) is 10.5. The van der Waals surface area contributed by atoms with Gasteiger partial charge in [-0.15, -0.1) is 0 Å². The molecule has 2 heterocycles. The van der Waals surface area contributed by atoms with Gasteiger partial charge in [0.05, 0.1) is 0 Å². The van der Waals surface area contributed by atoms with Crippen LogP contribution in [-0.2, 0) is 6.42 Å². The Morgan fingerprint density at radius 3 is 2.52 bits per heavy atom. The highest BCUT2D eigenvalue weighted by Crippen LogP contribution is 2.25. The van der Waals surface area contributed by atoms with Crippen LogP contribution >= 0.6 is 0 Å². The van der Waals surface area contributed by atoms with E-state index >= 15 is 0 Å². The van der Waals surface area contributed by atoms with E-state index < -0.39 is 0 Å². The molecule has 1 unspecified atom stereocenters. The fourth-order valence-electron chi connectivity index (χ4n) is 3.78. The van der Waals surface area contributed by atoms with Crippen LogP contribution in [0.3, 0.4) is 0 Å². The van der Waals surface area contributed by atoms with Gasteiger partial charge in [-0.3, -0.25) is 5.32 Å². The Morgan fingerprint density at radius 2 is 1.84 bits per heavy atom. The number of nitrogens with one attached hydrogen (secondary N) is 1. The standard InChI is InChI=1S/C27H25N3O/c1-3-5-12-20(4-2)17-24-27(31)30-19-25(22-15-10-7-11-16-22)28-23(26(30)29-24)18-21-13-8-6-9-14-21/h3-16,19,24H,1,17-18H2,2H3/p+1/b12-5-,20-4+. The SMILES string of the molecule is C=C/C=C\C(=C/C)CC1Nc2c(Cc3ccccc3)nc(-c3ccccc3)c[n+]2C1=O. The monoisotopic (exact) mass is 408 g/mol. The lowest BCUT2D eigenvalue weighted by atomic mass is 10.1. The average molecular weight is 409 g/mol. The highest BCUT2D eigenvalue weighted by atomic mass is 16.2. The van der Waals surface area contributed by atoms with Crippen molar-refractivity contribution in [2.24, 2.45) is 0 Å². The van der Waals surface area contributed by atoms with Crippen molar-refractivity contribution in [1.82, 2.24) is 4.98 Å². The first-order valence-electron chi connectivity index (χ1n) is 10.5. The number of carbonyl (C=O) groups is 1. The van der Waals surface area contributed by atoms with Crippen molar-refractivity contribution in [2.75, 3.05) is 5.32 Å². The van der Waals surface area contributed by atoms with Gasteiger partial charge >= 0.3 is 11.7 Å². The summed E-state index contributed by atoms with van der Waals surface area (Å²) in [6, 6.07) is 19.9. The lowest BCUT2D eigenvalue weighted by Gasteiger charge is -2.07. The molecule has 3 aromatic rings. The number of allylic oxidation sites excluding steroid dienone is 4. The van der Waals surface area contributed by atoms with Gasteiger partial charge in [0.15, 0.2) is 6.04 Å². The minimum Gasteiger partial charge on any atom is -0.258 e. The number of nitrogens with zero attached hydrogens (tertiary/aromatic N) is 2. The third-order valence-corrected chi connectivity index (χ3v) is 5.41. The second-order valence-electron chi connectivity index (χ2n) is 7.52. The number of hydrogen-bond acceptors (Lipinski definition) is 3. The van der Waals surface area contributed by atoms with Gasteiger partial charge in [-0.1, -0.05) is 91.5 Å². The fraction of sp³-hybridized carbons (Fsp3) is 0.148. The van der Waals surface area contributed by atoms with Crippen molar-refractivity contribution in [3.8, 4) is 11.3 Å². The molecule has 1 aliphatic rings. The van der Waals surface area contributed by atoms with E-state index in [1.165, 1.54) is 0 Å². The molecule has 1 atom stereocenters. The highest BCUT2D eigenvalue weighted by molar-refractivity contribution is 5.83. The molecular weight excluding hydrogens is 382 g/mol. The molecule has 0 saturated carbocycles. The lowest BCUT2D eigenvalue weighted by Crippen LogP contribution is -2.43. The molecule has 0 fully saturated rings. The molecule has 0 saturated heterocycles. The van der Waals surface area contributed by atoms with Crippen LogP contribution in [-0.4, -0.2) is 16.9 Å². The predicted octanol–water partition coefficient (Wildman–Crippen LogP) is 5.14. The van der Waals surface area contributed by atoms with Gasteiger partial charge in [-0.05, 0) is 18.1 Å². The zero-order chi connectivity index (χ0) is 21.6. The van der Waals surface area contributed by atoms with Gasteiger partial charge in [0, 0.05) is 18.4 Å². The number of anilines is 1. The first-order chi connectivity index (χ1) is 15.2. The Hall–Kier alpha value is -3.79. The van der Waals surface area contributed by atoms with Gasteiger partial charge in [0.25, 0.3) is 0 Å². The van der Waals surface area contributed by atoms with Crippen molar-refractivity contribution in [2.45, 2.75) is 25.8 Å². The molecule has 1 N–H and O–H groups in total. The van der Waals surface area contributed by atoms with Crippen LogP contribution in [0.1, 0.15) is 29.4 Å². The molecule has 0 spiro atoms. The molecule has 0 bridgehead atoms. The Balaban J connectivity index is 1.73. The Kier molecular flexibility index (Phi) is 6.18. The molecule has 0 radical (unpaired) electrons. The number of hydrogen-bond donors (Lipinski definition) is 1. The fourth-order valence-corrected chi connectivity index (χ4v) is 3.78. The van der Waals surface area contributed by atoms with E-state index in [-0.39, 0.29) is 11.9 Å². The molecule has 0 aliphatic carbocycles. The van der Waals surface area contributed by atoms with Crippen LogP contribution in [0.5, 0.6) is 0 Å². The molecule has 1 aliphatic heterocycles. The molecule has 0 amide bonds. The van der Waals surface area contributed by atoms with Gasteiger partial charge in [0.2, 0.25) is 0 Å². The van der Waals surface area contributed by atoms with Crippen LogP contribution in [0.15, 0.2) is 103 Å². The Bertz CT molecular complexity index is 1150. The largest absolute Gasteiger partial charge is 0.359 e. The van der Waals surface area contributed by atoms with E-state index in [0.717, 1.165) is 33.9 Å².